The van der Waals surface area contributed by atoms with Crippen LogP contribution in [0.3, 0.4) is 0 Å². The fourth-order valence-electron chi connectivity index (χ4n) is 2.03. The lowest BCUT2D eigenvalue weighted by Crippen LogP contribution is -1.97. The standard InChI is InChI=1S/C13H10BrN3O3S/c1-8-3-2-4-9(17(18)19)11(8)20-12-10(7-14)16-5-6-21-13(16)15-12/h2-6H,7H2,1H3. The predicted molar refractivity (Wildman–Crippen MR) is 83.6 cm³/mol. The number of imidazole rings is 1. The maximum Gasteiger partial charge on any atom is 0.311 e. The number of nitrogens with zero attached hydrogens (tertiary/aromatic N) is 3. The van der Waals surface area contributed by atoms with Gasteiger partial charge in [0.2, 0.25) is 11.6 Å². The van der Waals surface area contributed by atoms with Crippen molar-refractivity contribution >= 4 is 37.9 Å². The molecule has 0 saturated carbocycles. The summed E-state index contributed by atoms with van der Waals surface area (Å²) < 4.78 is 7.67. The third-order valence-corrected chi connectivity index (χ3v) is 4.33. The minimum absolute atomic E-state index is 0.0631. The topological polar surface area (TPSA) is 69.7 Å². The number of nitro groups is 1. The van der Waals surface area contributed by atoms with Crippen molar-refractivity contribution < 1.29 is 9.66 Å². The molecule has 0 saturated heterocycles. The molecule has 6 nitrogen and oxygen atoms in total. The van der Waals surface area contributed by atoms with Gasteiger partial charge in [0.05, 0.1) is 10.6 Å². The Bertz CT molecular complexity index is 827. The van der Waals surface area contributed by atoms with Crippen molar-refractivity contribution in [3.8, 4) is 11.6 Å². The van der Waals surface area contributed by atoms with E-state index in [1.165, 1.54) is 17.4 Å². The molecule has 2 heterocycles. The summed E-state index contributed by atoms with van der Waals surface area (Å²) >= 11 is 4.88. The number of para-hydroxylation sites is 1. The molecule has 1 aromatic carbocycles. The number of hydrogen-bond donors (Lipinski definition) is 0. The Hall–Kier alpha value is -1.93. The first kappa shape index (κ1) is 14.0. The average molecular weight is 368 g/mol. The van der Waals surface area contributed by atoms with Gasteiger partial charge in [-0.05, 0) is 12.5 Å². The van der Waals surface area contributed by atoms with Crippen LogP contribution in [-0.2, 0) is 5.33 Å². The molecule has 0 N–H and O–H groups in total. The van der Waals surface area contributed by atoms with Gasteiger partial charge in [0.1, 0.15) is 0 Å². The van der Waals surface area contributed by atoms with Crippen LogP contribution in [0.5, 0.6) is 11.6 Å². The first-order valence-corrected chi connectivity index (χ1v) is 8.04. The van der Waals surface area contributed by atoms with Crippen LogP contribution in [0.25, 0.3) is 4.96 Å². The second kappa shape index (κ2) is 5.45. The quantitative estimate of drug-likeness (QED) is 0.391. The summed E-state index contributed by atoms with van der Waals surface area (Å²) in [6, 6.07) is 4.83. The number of fused-ring (bicyclic) bond motifs is 1. The Morgan fingerprint density at radius 3 is 3.05 bits per heavy atom. The third-order valence-electron chi connectivity index (χ3n) is 3.04. The zero-order valence-corrected chi connectivity index (χ0v) is 13.3. The summed E-state index contributed by atoms with van der Waals surface area (Å²) in [6.45, 7) is 1.77. The molecule has 0 fully saturated rings. The highest BCUT2D eigenvalue weighted by Crippen LogP contribution is 2.36. The second-order valence-electron chi connectivity index (χ2n) is 4.34. The van der Waals surface area contributed by atoms with Gasteiger partial charge in [-0.2, -0.15) is 4.98 Å². The van der Waals surface area contributed by atoms with Crippen LogP contribution in [0.4, 0.5) is 5.69 Å². The van der Waals surface area contributed by atoms with E-state index in [1.54, 1.807) is 19.1 Å². The monoisotopic (exact) mass is 367 g/mol. The van der Waals surface area contributed by atoms with E-state index >= 15 is 0 Å². The molecule has 0 radical (unpaired) electrons. The number of rotatable bonds is 4. The van der Waals surface area contributed by atoms with E-state index in [0.29, 0.717) is 16.8 Å². The summed E-state index contributed by atoms with van der Waals surface area (Å²) in [4.78, 5) is 15.9. The SMILES string of the molecule is Cc1cccc([N+](=O)[O-])c1Oc1nc2sccn2c1CBr. The number of aromatic nitrogens is 2. The molecule has 0 unspecified atom stereocenters. The Labute approximate surface area is 132 Å². The van der Waals surface area contributed by atoms with Crippen molar-refractivity contribution in [1.29, 1.82) is 0 Å². The Balaban J connectivity index is 2.10. The molecule has 8 heteroatoms. The molecule has 0 aliphatic carbocycles. The molecule has 0 atom stereocenters. The minimum atomic E-state index is -0.450. The van der Waals surface area contributed by atoms with Crippen molar-refractivity contribution in [2.24, 2.45) is 0 Å². The van der Waals surface area contributed by atoms with Crippen LogP contribution < -0.4 is 4.74 Å². The van der Waals surface area contributed by atoms with Gasteiger partial charge in [0.15, 0.2) is 4.96 Å². The highest BCUT2D eigenvalue weighted by molar-refractivity contribution is 9.08. The molecule has 3 aromatic rings. The number of thiazole rings is 1. The zero-order chi connectivity index (χ0) is 15.0. The smallest absolute Gasteiger partial charge is 0.311 e. The van der Waals surface area contributed by atoms with Gasteiger partial charge in [-0.1, -0.05) is 28.1 Å². The highest BCUT2D eigenvalue weighted by Gasteiger charge is 2.21. The van der Waals surface area contributed by atoms with Crippen molar-refractivity contribution in [1.82, 2.24) is 9.38 Å². The lowest BCUT2D eigenvalue weighted by atomic mass is 10.2. The summed E-state index contributed by atoms with van der Waals surface area (Å²) in [5, 5.41) is 13.6. The maximum atomic E-state index is 11.1. The molecule has 108 valence electrons. The van der Waals surface area contributed by atoms with E-state index in [0.717, 1.165) is 10.7 Å². The molecular formula is C13H10BrN3O3S. The summed E-state index contributed by atoms with van der Waals surface area (Å²) in [6.07, 6.45) is 1.89. The summed E-state index contributed by atoms with van der Waals surface area (Å²) in [5.74, 6) is 0.617. The molecule has 0 bridgehead atoms. The van der Waals surface area contributed by atoms with E-state index in [2.05, 4.69) is 20.9 Å². The van der Waals surface area contributed by atoms with E-state index in [-0.39, 0.29) is 11.4 Å². The number of alkyl halides is 1. The number of aryl methyl sites for hydroxylation is 1. The minimum Gasteiger partial charge on any atom is -0.430 e. The van der Waals surface area contributed by atoms with Gasteiger partial charge in [-0.25, -0.2) is 0 Å². The van der Waals surface area contributed by atoms with Gasteiger partial charge in [-0.3, -0.25) is 14.5 Å². The zero-order valence-electron chi connectivity index (χ0n) is 10.9. The molecule has 3 rings (SSSR count). The van der Waals surface area contributed by atoms with Gasteiger partial charge in [0.25, 0.3) is 0 Å². The molecule has 0 aliphatic heterocycles. The fraction of sp³-hybridized carbons (Fsp3) is 0.154. The highest BCUT2D eigenvalue weighted by atomic mass is 79.9. The van der Waals surface area contributed by atoms with Crippen LogP contribution >= 0.6 is 27.3 Å². The number of nitro benzene ring substituents is 1. The lowest BCUT2D eigenvalue weighted by molar-refractivity contribution is -0.385. The first-order chi connectivity index (χ1) is 10.1. The Morgan fingerprint density at radius 2 is 2.33 bits per heavy atom. The fourth-order valence-corrected chi connectivity index (χ4v) is 3.26. The summed E-state index contributed by atoms with van der Waals surface area (Å²) in [7, 11) is 0. The maximum absolute atomic E-state index is 11.1. The number of benzene rings is 1. The second-order valence-corrected chi connectivity index (χ2v) is 5.77. The Kier molecular flexibility index (Phi) is 3.64. The van der Waals surface area contributed by atoms with Crippen molar-refractivity contribution in [2.45, 2.75) is 12.3 Å². The van der Waals surface area contributed by atoms with Crippen molar-refractivity contribution in [3.05, 3.63) is 51.1 Å². The lowest BCUT2D eigenvalue weighted by Gasteiger charge is -2.07. The third kappa shape index (κ3) is 2.40. The van der Waals surface area contributed by atoms with Gasteiger partial charge in [-0.15, -0.1) is 11.3 Å². The number of ether oxygens (including phenoxy) is 1. The first-order valence-electron chi connectivity index (χ1n) is 6.04. The van der Waals surface area contributed by atoms with Crippen LogP contribution in [0.15, 0.2) is 29.8 Å². The van der Waals surface area contributed by atoms with Crippen molar-refractivity contribution in [2.75, 3.05) is 0 Å². The largest absolute Gasteiger partial charge is 0.430 e. The molecule has 0 amide bonds. The Morgan fingerprint density at radius 1 is 1.52 bits per heavy atom. The van der Waals surface area contributed by atoms with Crippen LogP contribution in [-0.4, -0.2) is 14.3 Å². The van der Waals surface area contributed by atoms with Crippen LogP contribution in [0.2, 0.25) is 0 Å². The van der Waals surface area contributed by atoms with Crippen LogP contribution in [0.1, 0.15) is 11.3 Å². The summed E-state index contributed by atoms with van der Waals surface area (Å²) in [5.41, 5.74) is 1.46. The number of hydrogen-bond acceptors (Lipinski definition) is 5. The van der Waals surface area contributed by atoms with Gasteiger partial charge < -0.3 is 4.74 Å². The van der Waals surface area contributed by atoms with Gasteiger partial charge in [0, 0.05) is 23.0 Å². The normalized spacial score (nSPS) is 11.0. The average Bonchev–Trinajstić information content (AvgIpc) is 3.00. The molecular weight excluding hydrogens is 358 g/mol. The van der Waals surface area contributed by atoms with Crippen LogP contribution in [0, 0.1) is 17.0 Å². The molecule has 0 aliphatic rings. The van der Waals surface area contributed by atoms with Gasteiger partial charge >= 0.3 is 5.69 Å². The van der Waals surface area contributed by atoms with E-state index in [1.807, 2.05) is 16.0 Å². The molecule has 21 heavy (non-hydrogen) atoms. The number of halogens is 1. The van der Waals surface area contributed by atoms with Crippen molar-refractivity contribution in [3.63, 3.8) is 0 Å². The van der Waals surface area contributed by atoms with E-state index in [4.69, 9.17) is 4.74 Å². The molecule has 0 spiro atoms. The van der Waals surface area contributed by atoms with E-state index < -0.39 is 4.92 Å². The molecule has 2 aromatic heterocycles. The predicted octanol–water partition coefficient (Wildman–Crippen LogP) is 4.30. The van der Waals surface area contributed by atoms with E-state index in [9.17, 15) is 10.1 Å².